The Kier molecular flexibility index (Phi) is 3.44. The zero-order chi connectivity index (χ0) is 14.2. The molecule has 0 saturated heterocycles. The van der Waals surface area contributed by atoms with Gasteiger partial charge in [0.15, 0.2) is 4.77 Å². The van der Waals surface area contributed by atoms with E-state index in [1.807, 2.05) is 13.8 Å². The van der Waals surface area contributed by atoms with E-state index < -0.39 is 11.9 Å². The van der Waals surface area contributed by atoms with Crippen LogP contribution in [0.4, 0.5) is 13.2 Å². The lowest BCUT2D eigenvalue weighted by Crippen LogP contribution is -2.09. The summed E-state index contributed by atoms with van der Waals surface area (Å²) in [5.74, 6) is 0.724. The number of hydrogen-bond donors (Lipinski definition) is 1. The second-order valence-electron chi connectivity index (χ2n) is 4.28. The second kappa shape index (κ2) is 4.76. The molecule has 0 amide bonds. The van der Waals surface area contributed by atoms with Crippen molar-refractivity contribution in [3.05, 3.63) is 34.6 Å². The highest BCUT2D eigenvalue weighted by molar-refractivity contribution is 7.71. The number of aromatic amines is 1. The molecular weight excluding hydrogens is 277 g/mol. The summed E-state index contributed by atoms with van der Waals surface area (Å²) in [6, 6.07) is 2.25. The van der Waals surface area contributed by atoms with Crippen molar-refractivity contribution >= 4 is 12.2 Å². The van der Waals surface area contributed by atoms with Crippen molar-refractivity contribution in [3.8, 4) is 5.69 Å². The van der Waals surface area contributed by atoms with Crippen LogP contribution in [0.1, 0.15) is 31.3 Å². The Bertz CT molecular complexity index is 625. The molecule has 19 heavy (non-hydrogen) atoms. The standard InChI is InChI=1S/C11H11F3N4S/c1-6(2)9-16-17-10(19)18(9)7-3-4-8(15-5-7)11(12,13)14/h3-6H,1-2H3,(H,17,19). The molecule has 2 aromatic heterocycles. The van der Waals surface area contributed by atoms with E-state index in [0.29, 0.717) is 16.3 Å². The van der Waals surface area contributed by atoms with Gasteiger partial charge in [-0.2, -0.15) is 18.3 Å². The van der Waals surface area contributed by atoms with Gasteiger partial charge in [0.1, 0.15) is 11.5 Å². The van der Waals surface area contributed by atoms with Crippen molar-refractivity contribution in [1.82, 2.24) is 19.7 Å². The van der Waals surface area contributed by atoms with Crippen LogP contribution in [-0.4, -0.2) is 19.7 Å². The van der Waals surface area contributed by atoms with Gasteiger partial charge in [0.2, 0.25) is 0 Å². The summed E-state index contributed by atoms with van der Waals surface area (Å²) in [5, 5.41) is 6.69. The molecule has 102 valence electrons. The summed E-state index contributed by atoms with van der Waals surface area (Å²) < 4.78 is 39.2. The van der Waals surface area contributed by atoms with E-state index in [0.717, 1.165) is 12.3 Å². The predicted molar refractivity (Wildman–Crippen MR) is 65.6 cm³/mol. The maximum Gasteiger partial charge on any atom is 0.433 e. The van der Waals surface area contributed by atoms with Gasteiger partial charge in [-0.3, -0.25) is 9.67 Å². The van der Waals surface area contributed by atoms with Crippen LogP contribution >= 0.6 is 12.2 Å². The molecule has 0 unspecified atom stereocenters. The maximum atomic E-state index is 12.4. The molecule has 0 radical (unpaired) electrons. The molecule has 4 nitrogen and oxygen atoms in total. The lowest BCUT2D eigenvalue weighted by atomic mass is 10.2. The Balaban J connectivity index is 2.49. The number of hydrogen-bond acceptors (Lipinski definition) is 3. The van der Waals surface area contributed by atoms with E-state index in [4.69, 9.17) is 12.2 Å². The largest absolute Gasteiger partial charge is 0.433 e. The van der Waals surface area contributed by atoms with Gasteiger partial charge >= 0.3 is 6.18 Å². The zero-order valence-corrected chi connectivity index (χ0v) is 11.0. The molecule has 0 aliphatic heterocycles. The molecule has 2 rings (SSSR count). The average molecular weight is 288 g/mol. The minimum absolute atomic E-state index is 0.0789. The van der Waals surface area contributed by atoms with Crippen LogP contribution in [0.25, 0.3) is 5.69 Å². The summed E-state index contributed by atoms with van der Waals surface area (Å²) in [6.07, 6.45) is -3.31. The SMILES string of the molecule is CC(C)c1n[nH]c(=S)n1-c1ccc(C(F)(F)F)nc1. The summed E-state index contributed by atoms with van der Waals surface area (Å²) >= 11 is 5.08. The Labute approximate surface area is 112 Å². The van der Waals surface area contributed by atoms with Gasteiger partial charge in [-0.05, 0) is 24.4 Å². The highest BCUT2D eigenvalue weighted by Crippen LogP contribution is 2.28. The Hall–Kier alpha value is -1.70. The molecule has 8 heteroatoms. The summed E-state index contributed by atoms with van der Waals surface area (Å²) in [7, 11) is 0. The first-order valence-corrected chi connectivity index (χ1v) is 5.92. The number of aromatic nitrogens is 4. The van der Waals surface area contributed by atoms with Crippen LogP contribution in [0.15, 0.2) is 18.3 Å². The number of nitrogens with zero attached hydrogens (tertiary/aromatic N) is 3. The lowest BCUT2D eigenvalue weighted by molar-refractivity contribution is -0.141. The average Bonchev–Trinajstić information content (AvgIpc) is 2.70. The predicted octanol–water partition coefficient (Wildman–Crippen LogP) is 3.47. The summed E-state index contributed by atoms with van der Waals surface area (Å²) in [5.41, 5.74) is -0.479. The van der Waals surface area contributed by atoms with Crippen LogP contribution in [0, 0.1) is 4.77 Å². The van der Waals surface area contributed by atoms with Gasteiger partial charge in [0.25, 0.3) is 0 Å². The van der Waals surface area contributed by atoms with Crippen molar-refractivity contribution < 1.29 is 13.2 Å². The second-order valence-corrected chi connectivity index (χ2v) is 4.66. The Morgan fingerprint density at radius 2 is 2.00 bits per heavy atom. The first kappa shape index (κ1) is 13.7. The van der Waals surface area contributed by atoms with Crippen molar-refractivity contribution in [1.29, 1.82) is 0 Å². The quantitative estimate of drug-likeness (QED) is 0.861. The minimum atomic E-state index is -4.45. The molecule has 0 aliphatic rings. The van der Waals surface area contributed by atoms with Crippen LogP contribution in [0.5, 0.6) is 0 Å². The van der Waals surface area contributed by atoms with Crippen LogP contribution in [-0.2, 0) is 6.18 Å². The van der Waals surface area contributed by atoms with Gasteiger partial charge in [0.05, 0.1) is 11.9 Å². The molecule has 0 spiro atoms. The number of pyridine rings is 1. The first-order chi connectivity index (χ1) is 8.80. The zero-order valence-electron chi connectivity index (χ0n) is 10.2. The normalized spacial score (nSPS) is 12.1. The third-order valence-electron chi connectivity index (χ3n) is 2.51. The molecule has 0 fully saturated rings. The third-order valence-corrected chi connectivity index (χ3v) is 2.79. The molecule has 0 aliphatic carbocycles. The fraction of sp³-hybridized carbons (Fsp3) is 0.364. The molecule has 0 saturated carbocycles. The molecule has 0 atom stereocenters. The smallest absolute Gasteiger partial charge is 0.270 e. The molecule has 2 aromatic rings. The van der Waals surface area contributed by atoms with Gasteiger partial charge in [0, 0.05) is 5.92 Å². The summed E-state index contributed by atoms with van der Waals surface area (Å²) in [4.78, 5) is 3.41. The van der Waals surface area contributed by atoms with Crippen LogP contribution in [0.3, 0.4) is 0 Å². The molecule has 2 heterocycles. The monoisotopic (exact) mass is 288 g/mol. The van der Waals surface area contributed by atoms with Crippen molar-refractivity contribution in [2.24, 2.45) is 0 Å². The fourth-order valence-corrected chi connectivity index (χ4v) is 1.88. The van der Waals surface area contributed by atoms with E-state index in [-0.39, 0.29) is 5.92 Å². The minimum Gasteiger partial charge on any atom is -0.270 e. The fourth-order valence-electron chi connectivity index (χ4n) is 1.63. The highest BCUT2D eigenvalue weighted by atomic mass is 32.1. The van der Waals surface area contributed by atoms with E-state index in [1.165, 1.54) is 6.07 Å². The molecular formula is C11H11F3N4S. The summed E-state index contributed by atoms with van der Waals surface area (Å²) in [6.45, 7) is 3.83. The molecule has 0 bridgehead atoms. The lowest BCUT2D eigenvalue weighted by Gasteiger charge is -2.10. The number of H-pyrrole nitrogens is 1. The Morgan fingerprint density at radius 1 is 1.32 bits per heavy atom. The third kappa shape index (κ3) is 2.67. The maximum absolute atomic E-state index is 12.4. The van der Waals surface area contributed by atoms with Gasteiger partial charge < -0.3 is 0 Å². The number of halogens is 3. The van der Waals surface area contributed by atoms with E-state index >= 15 is 0 Å². The van der Waals surface area contributed by atoms with Crippen LogP contribution in [0.2, 0.25) is 0 Å². The highest BCUT2D eigenvalue weighted by Gasteiger charge is 2.32. The van der Waals surface area contributed by atoms with E-state index in [9.17, 15) is 13.2 Å². The Morgan fingerprint density at radius 3 is 2.47 bits per heavy atom. The van der Waals surface area contributed by atoms with Crippen molar-refractivity contribution in [3.63, 3.8) is 0 Å². The number of rotatable bonds is 2. The van der Waals surface area contributed by atoms with E-state index in [1.54, 1.807) is 4.57 Å². The van der Waals surface area contributed by atoms with Gasteiger partial charge in [-0.25, -0.2) is 4.98 Å². The number of nitrogens with one attached hydrogen (secondary N) is 1. The van der Waals surface area contributed by atoms with Crippen molar-refractivity contribution in [2.75, 3.05) is 0 Å². The number of alkyl halides is 3. The van der Waals surface area contributed by atoms with Crippen LogP contribution < -0.4 is 0 Å². The first-order valence-electron chi connectivity index (χ1n) is 5.51. The molecule has 1 N–H and O–H groups in total. The molecule has 0 aromatic carbocycles. The van der Waals surface area contributed by atoms with Crippen molar-refractivity contribution in [2.45, 2.75) is 25.9 Å². The van der Waals surface area contributed by atoms with Gasteiger partial charge in [-0.15, -0.1) is 0 Å². The topological polar surface area (TPSA) is 46.5 Å². The van der Waals surface area contributed by atoms with Gasteiger partial charge in [-0.1, -0.05) is 13.8 Å². The van der Waals surface area contributed by atoms with E-state index in [2.05, 4.69) is 15.2 Å².